The van der Waals surface area contributed by atoms with E-state index in [4.69, 9.17) is 4.52 Å². The van der Waals surface area contributed by atoms with Gasteiger partial charge in [0, 0.05) is 18.5 Å². The Hall–Kier alpha value is -4.16. The molecule has 0 aliphatic carbocycles. The summed E-state index contributed by atoms with van der Waals surface area (Å²) in [5.74, 6) is -0.842. The zero-order valence-electron chi connectivity index (χ0n) is 17.7. The smallest absolute Gasteiger partial charge is 0.350 e. The molecule has 13 heteroatoms. The van der Waals surface area contributed by atoms with E-state index in [0.717, 1.165) is 10.7 Å². The molecule has 3 aromatic heterocycles. The van der Waals surface area contributed by atoms with E-state index in [1.807, 2.05) is 0 Å². The molecule has 0 saturated carbocycles. The number of carbonyl (C=O) groups excluding carboxylic acids is 1. The molecule has 35 heavy (non-hydrogen) atoms. The number of anilines is 1. The molecule has 4 aromatic rings. The van der Waals surface area contributed by atoms with Crippen molar-refractivity contribution >= 4 is 11.6 Å². The first kappa shape index (κ1) is 24.0. The summed E-state index contributed by atoms with van der Waals surface area (Å²) in [7, 11) is 0. The van der Waals surface area contributed by atoms with Crippen LogP contribution in [-0.2, 0) is 12.4 Å². The lowest BCUT2D eigenvalue weighted by Crippen LogP contribution is -2.17. The SMILES string of the molecule is CC(c1ccc(C(F)(F)F)cc1C(F)(F)F)n1cc(NC(=O)c2cc(-c3ccccn3)no2)cn1. The van der Waals surface area contributed by atoms with Crippen molar-refractivity contribution in [2.45, 2.75) is 25.3 Å². The molecule has 7 nitrogen and oxygen atoms in total. The summed E-state index contributed by atoms with van der Waals surface area (Å²) in [6.07, 6.45) is -5.98. The van der Waals surface area contributed by atoms with Crippen LogP contribution in [0.1, 0.15) is 40.2 Å². The highest BCUT2D eigenvalue weighted by atomic mass is 19.4. The van der Waals surface area contributed by atoms with Crippen molar-refractivity contribution < 1.29 is 35.7 Å². The zero-order valence-corrected chi connectivity index (χ0v) is 17.7. The van der Waals surface area contributed by atoms with Crippen LogP contribution in [0.25, 0.3) is 11.4 Å². The molecule has 0 spiro atoms. The topological polar surface area (TPSA) is 85.8 Å². The van der Waals surface area contributed by atoms with E-state index in [1.54, 1.807) is 24.4 Å². The summed E-state index contributed by atoms with van der Waals surface area (Å²) in [4.78, 5) is 16.6. The van der Waals surface area contributed by atoms with Gasteiger partial charge in [-0.3, -0.25) is 14.5 Å². The number of benzene rings is 1. The molecule has 4 rings (SSSR count). The van der Waals surface area contributed by atoms with Crippen LogP contribution in [0.5, 0.6) is 0 Å². The maximum Gasteiger partial charge on any atom is 0.416 e. The number of amides is 1. The quantitative estimate of drug-likeness (QED) is 0.352. The third-order valence-electron chi connectivity index (χ3n) is 5.05. The van der Waals surface area contributed by atoms with E-state index in [-0.39, 0.29) is 17.5 Å². The predicted molar refractivity (Wildman–Crippen MR) is 110 cm³/mol. The summed E-state index contributed by atoms with van der Waals surface area (Å²) >= 11 is 0. The van der Waals surface area contributed by atoms with Gasteiger partial charge in [0.15, 0.2) is 0 Å². The second-order valence-electron chi connectivity index (χ2n) is 7.43. The normalized spacial score (nSPS) is 13.0. The lowest BCUT2D eigenvalue weighted by atomic mass is 9.98. The molecular weight excluding hydrogens is 480 g/mol. The van der Waals surface area contributed by atoms with Gasteiger partial charge >= 0.3 is 12.4 Å². The molecule has 0 saturated heterocycles. The number of halogens is 6. The summed E-state index contributed by atoms with van der Waals surface area (Å²) in [6, 6.07) is 6.79. The molecule has 1 atom stereocenters. The van der Waals surface area contributed by atoms with Crippen molar-refractivity contribution in [1.82, 2.24) is 19.9 Å². The molecule has 182 valence electrons. The van der Waals surface area contributed by atoms with E-state index in [1.165, 1.54) is 25.4 Å². The standard InChI is InChI=1S/C22H15F6N5O2/c1-12(15-6-5-13(21(23,24)25)8-16(15)22(26,27)28)33-11-14(10-30-33)31-20(34)19-9-18(32-35-19)17-4-2-3-7-29-17/h2-12H,1H3,(H,31,34). The molecule has 1 unspecified atom stereocenters. The molecule has 1 N–H and O–H groups in total. The van der Waals surface area contributed by atoms with E-state index in [0.29, 0.717) is 17.5 Å². The van der Waals surface area contributed by atoms with Crippen LogP contribution in [0.15, 0.2) is 65.6 Å². The van der Waals surface area contributed by atoms with Crippen molar-refractivity contribution in [3.05, 3.63) is 83.5 Å². The molecular formula is C22H15F6N5O2. The molecule has 1 amide bonds. The van der Waals surface area contributed by atoms with Gasteiger partial charge in [0.05, 0.1) is 34.7 Å². The summed E-state index contributed by atoms with van der Waals surface area (Å²) in [6.45, 7) is 1.34. The number of pyridine rings is 1. The fraction of sp³-hybridized carbons (Fsp3) is 0.182. The molecule has 0 aliphatic heterocycles. The van der Waals surface area contributed by atoms with Crippen LogP contribution in [0, 0.1) is 0 Å². The Kier molecular flexibility index (Phi) is 6.09. The van der Waals surface area contributed by atoms with Crippen molar-refractivity contribution in [2.75, 3.05) is 5.32 Å². The number of nitrogens with zero attached hydrogens (tertiary/aromatic N) is 4. The Balaban J connectivity index is 1.54. The van der Waals surface area contributed by atoms with Crippen molar-refractivity contribution in [2.24, 2.45) is 0 Å². The Morgan fingerprint density at radius 2 is 1.80 bits per heavy atom. The lowest BCUT2D eigenvalue weighted by molar-refractivity contribution is -0.143. The van der Waals surface area contributed by atoms with Crippen LogP contribution in [0.3, 0.4) is 0 Å². The maximum absolute atomic E-state index is 13.5. The molecule has 0 bridgehead atoms. The monoisotopic (exact) mass is 495 g/mol. The number of hydrogen-bond acceptors (Lipinski definition) is 5. The van der Waals surface area contributed by atoms with Crippen molar-refractivity contribution in [1.29, 1.82) is 0 Å². The number of aromatic nitrogens is 4. The molecule has 3 heterocycles. The second kappa shape index (κ2) is 8.89. The lowest BCUT2D eigenvalue weighted by Gasteiger charge is -2.20. The van der Waals surface area contributed by atoms with Crippen LogP contribution in [0.2, 0.25) is 0 Å². The van der Waals surface area contributed by atoms with E-state index >= 15 is 0 Å². The first-order valence-electron chi connectivity index (χ1n) is 9.95. The van der Waals surface area contributed by atoms with Gasteiger partial charge in [-0.1, -0.05) is 17.3 Å². The average molecular weight is 495 g/mol. The number of hydrogen-bond donors (Lipinski definition) is 1. The van der Waals surface area contributed by atoms with Crippen LogP contribution >= 0.6 is 0 Å². The van der Waals surface area contributed by atoms with Gasteiger partial charge < -0.3 is 9.84 Å². The molecule has 0 fully saturated rings. The minimum atomic E-state index is -5.02. The Labute approximate surface area is 193 Å². The third-order valence-corrected chi connectivity index (χ3v) is 5.05. The van der Waals surface area contributed by atoms with Crippen molar-refractivity contribution in [3.8, 4) is 11.4 Å². The van der Waals surface area contributed by atoms with Gasteiger partial charge in [-0.05, 0) is 36.8 Å². The van der Waals surface area contributed by atoms with Gasteiger partial charge in [-0.15, -0.1) is 0 Å². The summed E-state index contributed by atoms with van der Waals surface area (Å²) in [5, 5.41) is 10.2. The largest absolute Gasteiger partial charge is 0.416 e. The highest BCUT2D eigenvalue weighted by Crippen LogP contribution is 2.39. The fourth-order valence-corrected chi connectivity index (χ4v) is 3.31. The number of nitrogens with one attached hydrogen (secondary N) is 1. The van der Waals surface area contributed by atoms with Gasteiger partial charge in [0.2, 0.25) is 5.76 Å². The van der Waals surface area contributed by atoms with E-state index in [2.05, 4.69) is 20.6 Å². The van der Waals surface area contributed by atoms with E-state index < -0.39 is 41.0 Å². The van der Waals surface area contributed by atoms with Crippen LogP contribution in [0.4, 0.5) is 32.0 Å². The predicted octanol–water partition coefficient (Wildman–Crippen LogP) is 5.83. The number of rotatable bonds is 5. The van der Waals surface area contributed by atoms with Gasteiger partial charge in [-0.2, -0.15) is 31.4 Å². The second-order valence-corrected chi connectivity index (χ2v) is 7.43. The summed E-state index contributed by atoms with van der Waals surface area (Å²) < 4.78 is 85.4. The molecule has 0 aliphatic rings. The van der Waals surface area contributed by atoms with Crippen LogP contribution in [-0.4, -0.2) is 25.8 Å². The number of carbonyl (C=O) groups is 1. The zero-order chi connectivity index (χ0) is 25.4. The first-order chi connectivity index (χ1) is 16.4. The van der Waals surface area contributed by atoms with Gasteiger partial charge in [0.25, 0.3) is 5.91 Å². The molecule has 0 radical (unpaired) electrons. The summed E-state index contributed by atoms with van der Waals surface area (Å²) in [5.41, 5.74) is -2.33. The highest BCUT2D eigenvalue weighted by Gasteiger charge is 2.39. The Morgan fingerprint density at radius 3 is 2.46 bits per heavy atom. The third kappa shape index (κ3) is 5.18. The minimum Gasteiger partial charge on any atom is -0.350 e. The average Bonchev–Trinajstić information content (AvgIpc) is 3.48. The minimum absolute atomic E-state index is 0.0705. The van der Waals surface area contributed by atoms with Gasteiger partial charge in [0.1, 0.15) is 5.69 Å². The molecule has 1 aromatic carbocycles. The fourth-order valence-electron chi connectivity index (χ4n) is 3.31. The maximum atomic E-state index is 13.5. The van der Waals surface area contributed by atoms with Gasteiger partial charge in [-0.25, -0.2) is 0 Å². The van der Waals surface area contributed by atoms with Crippen molar-refractivity contribution in [3.63, 3.8) is 0 Å². The first-order valence-corrected chi connectivity index (χ1v) is 9.95. The Bertz CT molecular complexity index is 1340. The van der Waals surface area contributed by atoms with E-state index in [9.17, 15) is 31.1 Å². The highest BCUT2D eigenvalue weighted by molar-refractivity contribution is 6.02. The van der Waals surface area contributed by atoms with Crippen LogP contribution < -0.4 is 5.32 Å². The Morgan fingerprint density at radius 1 is 1.03 bits per heavy atom. The number of alkyl halides is 6.